The van der Waals surface area contributed by atoms with Gasteiger partial charge in [0.15, 0.2) is 0 Å². The summed E-state index contributed by atoms with van der Waals surface area (Å²) in [5.74, 6) is 0.608. The maximum Gasteiger partial charge on any atom is 0.243 e. The van der Waals surface area contributed by atoms with Crippen LogP contribution in [0.2, 0.25) is 0 Å². The molecule has 0 aliphatic heterocycles. The summed E-state index contributed by atoms with van der Waals surface area (Å²) in [7, 11) is 1.62. The lowest BCUT2D eigenvalue weighted by Gasteiger charge is -2.31. The van der Waals surface area contributed by atoms with Gasteiger partial charge in [-0.25, -0.2) is 0 Å². The summed E-state index contributed by atoms with van der Waals surface area (Å²) >= 11 is 0. The van der Waals surface area contributed by atoms with Crippen LogP contribution in [0, 0.1) is 6.92 Å². The maximum atomic E-state index is 13.3. The van der Waals surface area contributed by atoms with Crippen molar-refractivity contribution >= 4 is 11.8 Å². The Bertz CT molecular complexity index is 815. The summed E-state index contributed by atoms with van der Waals surface area (Å²) in [5, 5.41) is 3.04. The molecule has 162 valence electrons. The van der Waals surface area contributed by atoms with E-state index >= 15 is 0 Å². The molecule has 0 fully saturated rings. The molecule has 2 atom stereocenters. The second-order valence-corrected chi connectivity index (χ2v) is 7.77. The zero-order chi connectivity index (χ0) is 22.1. The van der Waals surface area contributed by atoms with Crippen molar-refractivity contribution in [3.8, 4) is 5.75 Å². The summed E-state index contributed by atoms with van der Waals surface area (Å²) in [6.07, 6.45) is 1.67. The van der Waals surface area contributed by atoms with Gasteiger partial charge in [0.25, 0.3) is 0 Å². The van der Waals surface area contributed by atoms with Crippen LogP contribution in [0.25, 0.3) is 0 Å². The number of carbonyl (C=O) groups is 2. The second-order valence-electron chi connectivity index (χ2n) is 7.77. The Hall–Kier alpha value is -2.82. The van der Waals surface area contributed by atoms with E-state index in [9.17, 15) is 9.59 Å². The first-order valence-corrected chi connectivity index (χ1v) is 10.7. The standard InChI is InChI=1S/C25H34N2O3/c1-6-19(4)26-25(29)23(7-2)27(17-21-12-14-22(30-5)15-13-21)24(28)16-20-10-8-18(3)9-11-20/h8-15,19,23H,6-7,16-17H2,1-5H3,(H,26,29)/t19-,23-/m1/s1. The molecule has 30 heavy (non-hydrogen) atoms. The van der Waals surface area contributed by atoms with E-state index in [1.807, 2.05) is 76.2 Å². The largest absolute Gasteiger partial charge is 0.497 e. The average molecular weight is 411 g/mol. The highest BCUT2D eigenvalue weighted by molar-refractivity contribution is 5.88. The number of benzene rings is 2. The van der Waals surface area contributed by atoms with E-state index in [2.05, 4.69) is 5.32 Å². The third-order valence-electron chi connectivity index (χ3n) is 5.37. The first-order chi connectivity index (χ1) is 14.4. The average Bonchev–Trinajstić information content (AvgIpc) is 2.75. The van der Waals surface area contributed by atoms with Crippen molar-refractivity contribution in [1.29, 1.82) is 0 Å². The van der Waals surface area contributed by atoms with Gasteiger partial charge in [0.05, 0.1) is 13.5 Å². The number of nitrogens with one attached hydrogen (secondary N) is 1. The first-order valence-electron chi connectivity index (χ1n) is 10.7. The molecular weight excluding hydrogens is 376 g/mol. The van der Waals surface area contributed by atoms with E-state index in [0.29, 0.717) is 13.0 Å². The molecule has 2 aromatic carbocycles. The molecule has 2 amide bonds. The zero-order valence-electron chi connectivity index (χ0n) is 18.8. The van der Waals surface area contributed by atoms with Crippen molar-refractivity contribution in [3.05, 3.63) is 65.2 Å². The molecule has 0 saturated heterocycles. The number of nitrogens with zero attached hydrogens (tertiary/aromatic N) is 1. The molecule has 0 bridgehead atoms. The summed E-state index contributed by atoms with van der Waals surface area (Å²) in [6, 6.07) is 15.1. The van der Waals surface area contributed by atoms with Crippen molar-refractivity contribution in [2.45, 2.75) is 65.6 Å². The van der Waals surface area contributed by atoms with Crippen LogP contribution in [0.15, 0.2) is 48.5 Å². The van der Waals surface area contributed by atoms with Crippen LogP contribution in [0.5, 0.6) is 5.75 Å². The van der Waals surface area contributed by atoms with Crippen LogP contribution in [-0.2, 0) is 22.6 Å². The number of carbonyl (C=O) groups excluding carboxylic acids is 2. The fourth-order valence-corrected chi connectivity index (χ4v) is 3.27. The van der Waals surface area contributed by atoms with Crippen molar-refractivity contribution in [3.63, 3.8) is 0 Å². The number of methoxy groups -OCH3 is 1. The highest BCUT2D eigenvalue weighted by Crippen LogP contribution is 2.18. The Balaban J connectivity index is 2.27. The molecule has 0 aromatic heterocycles. The number of ether oxygens (including phenoxy) is 1. The molecule has 2 rings (SSSR count). The monoisotopic (exact) mass is 410 g/mol. The van der Waals surface area contributed by atoms with Crippen molar-refractivity contribution in [2.24, 2.45) is 0 Å². The molecule has 5 heteroatoms. The van der Waals surface area contributed by atoms with Crippen molar-refractivity contribution in [1.82, 2.24) is 10.2 Å². The van der Waals surface area contributed by atoms with E-state index in [1.54, 1.807) is 12.0 Å². The molecule has 5 nitrogen and oxygen atoms in total. The van der Waals surface area contributed by atoms with Gasteiger partial charge < -0.3 is 15.0 Å². The SMILES string of the molecule is CC[C@@H](C)NC(=O)[C@@H](CC)N(Cc1ccc(OC)cc1)C(=O)Cc1ccc(C)cc1. The molecule has 0 aliphatic rings. The van der Waals surface area contributed by atoms with Gasteiger partial charge in [0, 0.05) is 12.6 Å². The van der Waals surface area contributed by atoms with Crippen LogP contribution in [-0.4, -0.2) is 35.9 Å². The quantitative estimate of drug-likeness (QED) is 0.636. The van der Waals surface area contributed by atoms with Gasteiger partial charge in [-0.3, -0.25) is 9.59 Å². The number of hydrogen-bond donors (Lipinski definition) is 1. The predicted octanol–water partition coefficient (Wildman–Crippen LogP) is 4.27. The minimum atomic E-state index is -0.515. The fourth-order valence-electron chi connectivity index (χ4n) is 3.27. The maximum absolute atomic E-state index is 13.3. The van der Waals surface area contributed by atoms with Gasteiger partial charge in [-0.05, 0) is 49.9 Å². The molecule has 0 saturated carbocycles. The Morgan fingerprint density at radius 3 is 2.10 bits per heavy atom. The molecule has 1 N–H and O–H groups in total. The second kappa shape index (κ2) is 11.4. The van der Waals surface area contributed by atoms with Crippen LogP contribution >= 0.6 is 0 Å². The molecule has 0 spiro atoms. The van der Waals surface area contributed by atoms with Crippen molar-refractivity contribution in [2.75, 3.05) is 7.11 Å². The lowest BCUT2D eigenvalue weighted by molar-refractivity contribution is -0.141. The first kappa shape index (κ1) is 23.5. The van der Waals surface area contributed by atoms with Crippen LogP contribution in [0.1, 0.15) is 50.3 Å². The minimum Gasteiger partial charge on any atom is -0.497 e. The van der Waals surface area contributed by atoms with Gasteiger partial charge in [-0.1, -0.05) is 55.8 Å². The Morgan fingerprint density at radius 2 is 1.57 bits per heavy atom. The molecule has 0 unspecified atom stereocenters. The van der Waals surface area contributed by atoms with Crippen LogP contribution < -0.4 is 10.1 Å². The topological polar surface area (TPSA) is 58.6 Å². The van der Waals surface area contributed by atoms with Gasteiger partial charge in [0.2, 0.25) is 11.8 Å². The number of rotatable bonds is 10. The lowest BCUT2D eigenvalue weighted by Crippen LogP contribution is -2.51. The Labute approximate surface area is 180 Å². The van der Waals surface area contributed by atoms with E-state index in [0.717, 1.165) is 28.9 Å². The van der Waals surface area contributed by atoms with Gasteiger partial charge in [-0.15, -0.1) is 0 Å². The predicted molar refractivity (Wildman–Crippen MR) is 120 cm³/mol. The molecule has 0 heterocycles. The van der Waals surface area contributed by atoms with Crippen LogP contribution in [0.3, 0.4) is 0 Å². The molecule has 0 aliphatic carbocycles. The molecular formula is C25H34N2O3. The highest BCUT2D eigenvalue weighted by Gasteiger charge is 2.29. The number of aryl methyl sites for hydroxylation is 1. The minimum absolute atomic E-state index is 0.0548. The summed E-state index contributed by atoms with van der Waals surface area (Å²) in [6.45, 7) is 8.35. The van der Waals surface area contributed by atoms with E-state index in [-0.39, 0.29) is 24.3 Å². The van der Waals surface area contributed by atoms with Gasteiger partial charge in [-0.2, -0.15) is 0 Å². The van der Waals surface area contributed by atoms with E-state index in [4.69, 9.17) is 4.74 Å². The van der Waals surface area contributed by atoms with Crippen molar-refractivity contribution < 1.29 is 14.3 Å². The third kappa shape index (κ3) is 6.61. The smallest absolute Gasteiger partial charge is 0.243 e. The highest BCUT2D eigenvalue weighted by atomic mass is 16.5. The summed E-state index contributed by atoms with van der Waals surface area (Å²) < 4.78 is 5.23. The molecule has 0 radical (unpaired) electrons. The number of hydrogen-bond acceptors (Lipinski definition) is 3. The molecule has 2 aromatic rings. The lowest BCUT2D eigenvalue weighted by atomic mass is 10.1. The Morgan fingerprint density at radius 1 is 0.967 bits per heavy atom. The Kier molecular flexibility index (Phi) is 8.90. The zero-order valence-corrected chi connectivity index (χ0v) is 18.8. The fraction of sp³-hybridized carbons (Fsp3) is 0.440. The summed E-state index contributed by atoms with van der Waals surface area (Å²) in [4.78, 5) is 28.0. The van der Waals surface area contributed by atoms with E-state index < -0.39 is 6.04 Å². The van der Waals surface area contributed by atoms with Gasteiger partial charge in [0.1, 0.15) is 11.8 Å². The third-order valence-corrected chi connectivity index (χ3v) is 5.37. The van der Waals surface area contributed by atoms with E-state index in [1.165, 1.54) is 0 Å². The van der Waals surface area contributed by atoms with Gasteiger partial charge >= 0.3 is 0 Å². The van der Waals surface area contributed by atoms with Crippen LogP contribution in [0.4, 0.5) is 0 Å². The summed E-state index contributed by atoms with van der Waals surface area (Å²) in [5.41, 5.74) is 3.06. The normalized spacial score (nSPS) is 12.7. The number of amides is 2.